The SMILES string of the molecule is CN(CC(=O)O)C1CCCN(Cc2cncc(Br)c2)CC1. The topological polar surface area (TPSA) is 56.7 Å². The molecule has 1 saturated heterocycles. The van der Waals surface area contributed by atoms with Crippen LogP contribution in [0.2, 0.25) is 0 Å². The van der Waals surface area contributed by atoms with Crippen LogP contribution in [0.25, 0.3) is 0 Å². The van der Waals surface area contributed by atoms with Gasteiger partial charge in [0.25, 0.3) is 0 Å². The molecule has 5 nitrogen and oxygen atoms in total. The monoisotopic (exact) mass is 355 g/mol. The maximum Gasteiger partial charge on any atom is 0.317 e. The number of aliphatic carboxylic acids is 1. The zero-order chi connectivity index (χ0) is 15.2. The molecule has 1 aromatic heterocycles. The van der Waals surface area contributed by atoms with E-state index in [4.69, 9.17) is 5.11 Å². The quantitative estimate of drug-likeness (QED) is 0.877. The van der Waals surface area contributed by atoms with Crippen molar-refractivity contribution in [2.24, 2.45) is 0 Å². The van der Waals surface area contributed by atoms with E-state index in [0.29, 0.717) is 6.04 Å². The molecular weight excluding hydrogens is 334 g/mol. The summed E-state index contributed by atoms with van der Waals surface area (Å²) in [5, 5.41) is 8.89. The molecule has 1 aliphatic rings. The van der Waals surface area contributed by atoms with Crippen LogP contribution in [0.1, 0.15) is 24.8 Å². The van der Waals surface area contributed by atoms with Crippen molar-refractivity contribution >= 4 is 21.9 Å². The van der Waals surface area contributed by atoms with E-state index in [9.17, 15) is 4.79 Å². The Balaban J connectivity index is 1.87. The summed E-state index contributed by atoms with van der Waals surface area (Å²) in [5.74, 6) is -0.751. The van der Waals surface area contributed by atoms with E-state index in [1.165, 1.54) is 5.56 Å². The van der Waals surface area contributed by atoms with Crippen molar-refractivity contribution < 1.29 is 9.90 Å². The number of hydrogen-bond acceptors (Lipinski definition) is 4. The van der Waals surface area contributed by atoms with E-state index in [1.54, 1.807) is 6.20 Å². The van der Waals surface area contributed by atoms with Crippen molar-refractivity contribution in [3.63, 3.8) is 0 Å². The smallest absolute Gasteiger partial charge is 0.317 e. The number of likely N-dealkylation sites (tertiary alicyclic amines) is 1. The second-order valence-electron chi connectivity index (χ2n) is 5.68. The molecule has 6 heteroatoms. The van der Waals surface area contributed by atoms with Gasteiger partial charge in [-0.1, -0.05) is 0 Å². The van der Waals surface area contributed by atoms with Crippen LogP contribution in [0.4, 0.5) is 0 Å². The Labute approximate surface area is 134 Å². The molecule has 1 aromatic rings. The normalized spacial score (nSPS) is 20.4. The van der Waals surface area contributed by atoms with Gasteiger partial charge in [0, 0.05) is 29.5 Å². The van der Waals surface area contributed by atoms with Crippen molar-refractivity contribution in [3.05, 3.63) is 28.5 Å². The Morgan fingerprint density at radius 2 is 2.29 bits per heavy atom. The first kappa shape index (κ1) is 16.4. The zero-order valence-electron chi connectivity index (χ0n) is 12.3. The third-order valence-electron chi connectivity index (χ3n) is 3.97. The van der Waals surface area contributed by atoms with Crippen LogP contribution in [0.5, 0.6) is 0 Å². The second-order valence-corrected chi connectivity index (χ2v) is 6.60. The van der Waals surface area contributed by atoms with Gasteiger partial charge in [-0.05, 0) is 67.0 Å². The molecule has 1 fully saturated rings. The standard InChI is InChI=1S/C15H22BrN3O2/c1-18(11-15(20)21)14-3-2-5-19(6-4-14)10-12-7-13(16)9-17-8-12/h7-9,14H,2-6,10-11H2,1H3,(H,20,21). The van der Waals surface area contributed by atoms with Crippen molar-refractivity contribution in [2.45, 2.75) is 31.8 Å². The summed E-state index contributed by atoms with van der Waals surface area (Å²) in [5.41, 5.74) is 1.21. The van der Waals surface area contributed by atoms with Gasteiger partial charge < -0.3 is 5.11 Å². The highest BCUT2D eigenvalue weighted by Crippen LogP contribution is 2.18. The van der Waals surface area contributed by atoms with Crippen molar-refractivity contribution in [1.82, 2.24) is 14.8 Å². The number of likely N-dealkylation sites (N-methyl/N-ethyl adjacent to an activating group) is 1. The Morgan fingerprint density at radius 1 is 1.48 bits per heavy atom. The number of halogens is 1. The molecule has 0 radical (unpaired) electrons. The van der Waals surface area contributed by atoms with Crippen LogP contribution in [0, 0.1) is 0 Å². The average Bonchev–Trinajstić information content (AvgIpc) is 2.63. The molecular formula is C15H22BrN3O2. The number of aromatic nitrogens is 1. The van der Waals surface area contributed by atoms with E-state index in [0.717, 1.165) is 43.4 Å². The number of hydrogen-bond donors (Lipinski definition) is 1. The maximum absolute atomic E-state index is 10.8. The summed E-state index contributed by atoms with van der Waals surface area (Å²) < 4.78 is 1.01. The first-order valence-electron chi connectivity index (χ1n) is 7.28. The average molecular weight is 356 g/mol. The molecule has 0 aromatic carbocycles. The van der Waals surface area contributed by atoms with Gasteiger partial charge in [-0.15, -0.1) is 0 Å². The Morgan fingerprint density at radius 3 is 3.00 bits per heavy atom. The number of pyridine rings is 1. The third kappa shape index (κ3) is 5.37. The highest BCUT2D eigenvalue weighted by atomic mass is 79.9. The van der Waals surface area contributed by atoms with Gasteiger partial charge in [-0.3, -0.25) is 19.6 Å². The summed E-state index contributed by atoms with van der Waals surface area (Å²) in [6.07, 6.45) is 6.89. The Bertz CT molecular complexity index is 484. The number of nitrogens with zero attached hydrogens (tertiary/aromatic N) is 3. The van der Waals surface area contributed by atoms with Crippen LogP contribution in [-0.2, 0) is 11.3 Å². The van der Waals surface area contributed by atoms with Gasteiger partial charge in [-0.2, -0.15) is 0 Å². The first-order valence-corrected chi connectivity index (χ1v) is 8.07. The van der Waals surface area contributed by atoms with Gasteiger partial charge in [0.2, 0.25) is 0 Å². The van der Waals surface area contributed by atoms with Crippen LogP contribution in [0.3, 0.4) is 0 Å². The van der Waals surface area contributed by atoms with Crippen molar-refractivity contribution in [2.75, 3.05) is 26.7 Å². The molecule has 21 heavy (non-hydrogen) atoms. The molecule has 1 N–H and O–H groups in total. The number of carbonyl (C=O) groups is 1. The summed E-state index contributed by atoms with van der Waals surface area (Å²) in [6.45, 7) is 3.09. The van der Waals surface area contributed by atoms with Gasteiger partial charge in [0.15, 0.2) is 0 Å². The van der Waals surface area contributed by atoms with Gasteiger partial charge in [0.05, 0.1) is 6.54 Å². The minimum absolute atomic E-state index is 0.125. The molecule has 2 rings (SSSR count). The molecule has 0 amide bonds. The fourth-order valence-electron chi connectivity index (χ4n) is 2.88. The molecule has 0 bridgehead atoms. The predicted octanol–water partition coefficient (Wildman–Crippen LogP) is 2.21. The third-order valence-corrected chi connectivity index (χ3v) is 4.40. The van der Waals surface area contributed by atoms with Crippen LogP contribution < -0.4 is 0 Å². The summed E-state index contributed by atoms with van der Waals surface area (Å²) >= 11 is 3.45. The molecule has 116 valence electrons. The van der Waals surface area contributed by atoms with E-state index in [-0.39, 0.29) is 6.54 Å². The lowest BCUT2D eigenvalue weighted by Crippen LogP contribution is -2.36. The number of rotatable bonds is 5. The highest BCUT2D eigenvalue weighted by Gasteiger charge is 2.21. The Kier molecular flexibility index (Phi) is 6.14. The predicted molar refractivity (Wildman–Crippen MR) is 85.1 cm³/mol. The lowest BCUT2D eigenvalue weighted by atomic mass is 10.1. The first-order chi connectivity index (χ1) is 10.0. The highest BCUT2D eigenvalue weighted by molar-refractivity contribution is 9.10. The minimum atomic E-state index is -0.751. The van der Waals surface area contributed by atoms with Gasteiger partial charge >= 0.3 is 5.97 Å². The van der Waals surface area contributed by atoms with Gasteiger partial charge in [0.1, 0.15) is 0 Å². The molecule has 0 saturated carbocycles. The fourth-order valence-corrected chi connectivity index (χ4v) is 3.29. The summed E-state index contributed by atoms with van der Waals surface area (Å²) in [7, 11) is 1.91. The lowest BCUT2D eigenvalue weighted by Gasteiger charge is -2.25. The fraction of sp³-hybridized carbons (Fsp3) is 0.600. The second kappa shape index (κ2) is 7.87. The minimum Gasteiger partial charge on any atom is -0.480 e. The van der Waals surface area contributed by atoms with Gasteiger partial charge in [-0.25, -0.2) is 0 Å². The maximum atomic E-state index is 10.8. The lowest BCUT2D eigenvalue weighted by molar-refractivity contribution is -0.138. The van der Waals surface area contributed by atoms with E-state index in [2.05, 4.69) is 31.9 Å². The van der Waals surface area contributed by atoms with Crippen molar-refractivity contribution in [1.29, 1.82) is 0 Å². The van der Waals surface area contributed by atoms with E-state index >= 15 is 0 Å². The molecule has 1 aliphatic heterocycles. The van der Waals surface area contributed by atoms with Crippen LogP contribution >= 0.6 is 15.9 Å². The van der Waals surface area contributed by atoms with Crippen molar-refractivity contribution in [3.8, 4) is 0 Å². The van der Waals surface area contributed by atoms with Crippen LogP contribution in [-0.4, -0.2) is 58.6 Å². The molecule has 2 heterocycles. The summed E-state index contributed by atoms with van der Waals surface area (Å²) in [4.78, 5) is 19.4. The van der Waals surface area contributed by atoms with E-state index in [1.807, 2.05) is 18.1 Å². The largest absolute Gasteiger partial charge is 0.480 e. The van der Waals surface area contributed by atoms with E-state index < -0.39 is 5.97 Å². The molecule has 0 aliphatic carbocycles. The summed E-state index contributed by atoms with van der Waals surface area (Å²) in [6, 6.07) is 2.47. The molecule has 1 atom stereocenters. The molecule has 0 spiro atoms. The van der Waals surface area contributed by atoms with Crippen LogP contribution in [0.15, 0.2) is 22.9 Å². The Hall–Kier alpha value is -0.980. The number of carboxylic acids is 1. The molecule has 1 unspecified atom stereocenters. The zero-order valence-corrected chi connectivity index (χ0v) is 13.9. The number of carboxylic acid groups (broad SMARTS) is 1.